The molecule has 132 valence electrons. The van der Waals surface area contributed by atoms with E-state index in [0.717, 1.165) is 17.7 Å². The molecule has 1 aliphatic rings. The molecule has 1 heterocycles. The van der Waals surface area contributed by atoms with E-state index in [1.165, 1.54) is 0 Å². The molecule has 4 rings (SSSR count). The van der Waals surface area contributed by atoms with Crippen molar-refractivity contribution in [2.45, 2.75) is 12.3 Å². The molecule has 0 unspecified atom stereocenters. The molecule has 26 heavy (non-hydrogen) atoms. The fourth-order valence-corrected chi connectivity index (χ4v) is 2.90. The molecule has 1 fully saturated rings. The Morgan fingerprint density at radius 3 is 2.65 bits per heavy atom. The molecule has 2 aromatic carbocycles. The first-order chi connectivity index (χ1) is 12.6. The number of carbonyl (C=O) groups excluding carboxylic acids is 1. The standard InChI is InChI=1S/C20H19N3O3/c1-23(2)20(24)17-12-16(17)19-21-18(22-26-19)13-7-6-10-15(11-13)25-14-8-4-3-5-9-14/h3-11,16-17H,12H2,1-2H3/t16-,17+/m0/s1. The molecule has 1 saturated carbocycles. The maximum Gasteiger partial charge on any atom is 0.230 e. The highest BCUT2D eigenvalue weighted by molar-refractivity contribution is 5.82. The number of rotatable bonds is 5. The third kappa shape index (κ3) is 3.31. The maximum atomic E-state index is 12.0. The molecule has 2 atom stereocenters. The number of benzene rings is 2. The van der Waals surface area contributed by atoms with Crippen molar-refractivity contribution in [3.63, 3.8) is 0 Å². The van der Waals surface area contributed by atoms with Crippen molar-refractivity contribution in [3.05, 3.63) is 60.5 Å². The van der Waals surface area contributed by atoms with Crippen LogP contribution in [-0.2, 0) is 4.79 Å². The molecule has 0 radical (unpaired) electrons. The molecule has 0 saturated heterocycles. The SMILES string of the molecule is CN(C)C(=O)[C@@H]1C[C@@H]1c1nc(-c2cccc(Oc3ccccc3)c2)no1. The van der Waals surface area contributed by atoms with Crippen molar-refractivity contribution >= 4 is 5.91 Å². The molecular weight excluding hydrogens is 330 g/mol. The van der Waals surface area contributed by atoms with Gasteiger partial charge in [0.25, 0.3) is 0 Å². The molecule has 0 N–H and O–H groups in total. The molecule has 0 bridgehead atoms. The van der Waals surface area contributed by atoms with Gasteiger partial charge in [-0.15, -0.1) is 0 Å². The Balaban J connectivity index is 1.50. The Kier molecular flexibility index (Phi) is 4.16. The van der Waals surface area contributed by atoms with E-state index in [0.29, 0.717) is 17.5 Å². The number of ether oxygens (including phenoxy) is 1. The Labute approximate surface area is 151 Å². The number of para-hydroxylation sites is 1. The lowest BCUT2D eigenvalue weighted by Crippen LogP contribution is -2.23. The summed E-state index contributed by atoms with van der Waals surface area (Å²) in [6.45, 7) is 0. The summed E-state index contributed by atoms with van der Waals surface area (Å²) in [6.07, 6.45) is 0.760. The van der Waals surface area contributed by atoms with Crippen LogP contribution in [0.5, 0.6) is 11.5 Å². The van der Waals surface area contributed by atoms with Crippen molar-refractivity contribution in [1.29, 1.82) is 0 Å². The maximum absolute atomic E-state index is 12.0. The van der Waals surface area contributed by atoms with Gasteiger partial charge in [-0.3, -0.25) is 4.79 Å². The van der Waals surface area contributed by atoms with Crippen LogP contribution in [0, 0.1) is 5.92 Å². The van der Waals surface area contributed by atoms with Crippen LogP contribution in [0.3, 0.4) is 0 Å². The second-order valence-electron chi connectivity index (χ2n) is 6.58. The summed E-state index contributed by atoms with van der Waals surface area (Å²) in [7, 11) is 3.52. The monoisotopic (exact) mass is 349 g/mol. The van der Waals surface area contributed by atoms with E-state index in [-0.39, 0.29) is 17.7 Å². The van der Waals surface area contributed by atoms with Crippen LogP contribution in [0.15, 0.2) is 59.1 Å². The Morgan fingerprint density at radius 1 is 1.12 bits per heavy atom. The zero-order valence-electron chi connectivity index (χ0n) is 14.6. The van der Waals surface area contributed by atoms with E-state index >= 15 is 0 Å². The number of amides is 1. The predicted octanol–water partition coefficient (Wildman–Crippen LogP) is 3.72. The van der Waals surface area contributed by atoms with Gasteiger partial charge in [0.1, 0.15) is 11.5 Å². The molecule has 1 amide bonds. The van der Waals surface area contributed by atoms with E-state index < -0.39 is 0 Å². The Bertz CT molecular complexity index is 921. The van der Waals surface area contributed by atoms with Gasteiger partial charge in [0, 0.05) is 19.7 Å². The van der Waals surface area contributed by atoms with Crippen LogP contribution < -0.4 is 4.74 Å². The average molecular weight is 349 g/mol. The lowest BCUT2D eigenvalue weighted by Gasteiger charge is -2.08. The van der Waals surface area contributed by atoms with Gasteiger partial charge in [0.2, 0.25) is 17.6 Å². The topological polar surface area (TPSA) is 68.5 Å². The lowest BCUT2D eigenvalue weighted by molar-refractivity contribution is -0.130. The van der Waals surface area contributed by atoms with Crippen LogP contribution in [0.1, 0.15) is 18.2 Å². The van der Waals surface area contributed by atoms with Gasteiger partial charge < -0.3 is 14.2 Å². The molecule has 0 spiro atoms. The van der Waals surface area contributed by atoms with E-state index in [2.05, 4.69) is 10.1 Å². The highest BCUT2D eigenvalue weighted by Crippen LogP contribution is 2.47. The number of hydrogen-bond acceptors (Lipinski definition) is 5. The molecule has 1 aromatic heterocycles. The minimum absolute atomic E-state index is 0.0231. The third-order valence-corrected chi connectivity index (χ3v) is 4.38. The molecule has 6 nitrogen and oxygen atoms in total. The van der Waals surface area contributed by atoms with E-state index in [1.54, 1.807) is 19.0 Å². The van der Waals surface area contributed by atoms with Crippen molar-refractivity contribution in [2.75, 3.05) is 14.1 Å². The summed E-state index contributed by atoms with van der Waals surface area (Å²) >= 11 is 0. The summed E-state index contributed by atoms with van der Waals surface area (Å²) in [4.78, 5) is 18.1. The smallest absolute Gasteiger partial charge is 0.230 e. The van der Waals surface area contributed by atoms with Gasteiger partial charge in [-0.05, 0) is 30.7 Å². The van der Waals surface area contributed by atoms with Gasteiger partial charge in [-0.25, -0.2) is 0 Å². The summed E-state index contributed by atoms with van der Waals surface area (Å²) in [5.41, 5.74) is 0.810. The minimum atomic E-state index is -0.0500. The van der Waals surface area contributed by atoms with Gasteiger partial charge >= 0.3 is 0 Å². The van der Waals surface area contributed by atoms with Crippen LogP contribution >= 0.6 is 0 Å². The van der Waals surface area contributed by atoms with Gasteiger partial charge in [0.05, 0.1) is 11.8 Å². The minimum Gasteiger partial charge on any atom is -0.457 e. The second kappa shape index (κ2) is 6.63. The second-order valence-corrected chi connectivity index (χ2v) is 6.58. The molecular formula is C20H19N3O3. The first-order valence-electron chi connectivity index (χ1n) is 8.50. The fraction of sp³-hybridized carbons (Fsp3) is 0.250. The fourth-order valence-electron chi connectivity index (χ4n) is 2.90. The molecule has 1 aliphatic carbocycles. The quantitative estimate of drug-likeness (QED) is 0.702. The largest absolute Gasteiger partial charge is 0.457 e. The Hall–Kier alpha value is -3.15. The summed E-state index contributed by atoms with van der Waals surface area (Å²) in [5, 5.41) is 4.07. The van der Waals surface area contributed by atoms with E-state index in [4.69, 9.17) is 9.26 Å². The molecule has 0 aliphatic heterocycles. The zero-order valence-corrected chi connectivity index (χ0v) is 14.6. The van der Waals surface area contributed by atoms with Gasteiger partial charge in [0.15, 0.2) is 0 Å². The summed E-state index contributed by atoms with van der Waals surface area (Å²) in [5.74, 6) is 2.57. The Morgan fingerprint density at radius 2 is 1.88 bits per heavy atom. The first kappa shape index (κ1) is 16.3. The zero-order chi connectivity index (χ0) is 18.1. The van der Waals surface area contributed by atoms with Crippen LogP contribution in [0.2, 0.25) is 0 Å². The highest BCUT2D eigenvalue weighted by Gasteiger charge is 2.48. The number of nitrogens with zero attached hydrogens (tertiary/aromatic N) is 3. The molecule has 6 heteroatoms. The third-order valence-electron chi connectivity index (χ3n) is 4.38. The van der Waals surface area contributed by atoms with Gasteiger partial charge in [-0.2, -0.15) is 4.98 Å². The van der Waals surface area contributed by atoms with Crippen molar-refractivity contribution in [1.82, 2.24) is 15.0 Å². The number of carbonyl (C=O) groups is 1. The van der Waals surface area contributed by atoms with Gasteiger partial charge in [-0.1, -0.05) is 35.5 Å². The van der Waals surface area contributed by atoms with Crippen LogP contribution in [-0.4, -0.2) is 35.0 Å². The molecule has 3 aromatic rings. The van der Waals surface area contributed by atoms with Crippen molar-refractivity contribution in [3.8, 4) is 22.9 Å². The summed E-state index contributed by atoms with van der Waals surface area (Å²) in [6, 6.07) is 17.1. The average Bonchev–Trinajstić information content (AvgIpc) is 3.30. The van der Waals surface area contributed by atoms with Crippen LogP contribution in [0.4, 0.5) is 0 Å². The number of hydrogen-bond donors (Lipinski definition) is 0. The normalized spacial score (nSPS) is 18.4. The summed E-state index contributed by atoms with van der Waals surface area (Å²) < 4.78 is 11.2. The number of aromatic nitrogens is 2. The highest BCUT2D eigenvalue weighted by atomic mass is 16.5. The van der Waals surface area contributed by atoms with Crippen molar-refractivity contribution < 1.29 is 14.1 Å². The predicted molar refractivity (Wildman–Crippen MR) is 95.8 cm³/mol. The van der Waals surface area contributed by atoms with E-state index in [1.807, 2.05) is 54.6 Å². The van der Waals surface area contributed by atoms with Crippen LogP contribution in [0.25, 0.3) is 11.4 Å². The lowest BCUT2D eigenvalue weighted by atomic mass is 10.2. The van der Waals surface area contributed by atoms with E-state index in [9.17, 15) is 4.79 Å². The van der Waals surface area contributed by atoms with Crippen molar-refractivity contribution in [2.24, 2.45) is 5.92 Å². The first-order valence-corrected chi connectivity index (χ1v) is 8.50.